The van der Waals surface area contributed by atoms with E-state index in [0.29, 0.717) is 12.3 Å². The van der Waals surface area contributed by atoms with E-state index in [1.165, 1.54) is 0 Å². The first-order valence-electron chi connectivity index (χ1n) is 6.81. The maximum absolute atomic E-state index is 12.4. The largest absolute Gasteiger partial charge is 0.493 e. The van der Waals surface area contributed by atoms with Crippen molar-refractivity contribution in [2.45, 2.75) is 6.42 Å². The number of H-pyrrole nitrogens is 1. The van der Waals surface area contributed by atoms with Crippen molar-refractivity contribution in [3.05, 3.63) is 53.7 Å². The van der Waals surface area contributed by atoms with E-state index in [-0.39, 0.29) is 5.91 Å². The average Bonchev–Trinajstić information content (AvgIpc) is 3.13. The zero-order valence-electron chi connectivity index (χ0n) is 11.2. The molecular formula is C16H13N3O2. The van der Waals surface area contributed by atoms with Gasteiger partial charge in [-0.25, -0.2) is 0 Å². The summed E-state index contributed by atoms with van der Waals surface area (Å²) in [5.41, 5.74) is 3.14. The highest BCUT2D eigenvalue weighted by molar-refractivity contribution is 6.11. The van der Waals surface area contributed by atoms with Crippen molar-refractivity contribution in [2.75, 3.05) is 11.9 Å². The second-order valence-corrected chi connectivity index (χ2v) is 4.99. The molecule has 4 rings (SSSR count). The maximum atomic E-state index is 12.4. The van der Waals surface area contributed by atoms with Gasteiger partial charge in [-0.2, -0.15) is 5.10 Å². The van der Waals surface area contributed by atoms with Crippen LogP contribution in [-0.2, 0) is 6.42 Å². The fraction of sp³-hybridized carbons (Fsp3) is 0.125. The van der Waals surface area contributed by atoms with Gasteiger partial charge in [-0.15, -0.1) is 0 Å². The van der Waals surface area contributed by atoms with E-state index in [4.69, 9.17) is 4.74 Å². The van der Waals surface area contributed by atoms with Gasteiger partial charge in [0.1, 0.15) is 5.75 Å². The van der Waals surface area contributed by atoms with Crippen molar-refractivity contribution in [3.8, 4) is 5.75 Å². The Kier molecular flexibility index (Phi) is 2.64. The topological polar surface area (TPSA) is 67.0 Å². The summed E-state index contributed by atoms with van der Waals surface area (Å²) in [6.45, 7) is 0.705. The third kappa shape index (κ3) is 2.03. The van der Waals surface area contributed by atoms with E-state index in [0.717, 1.165) is 34.3 Å². The highest BCUT2D eigenvalue weighted by Gasteiger charge is 2.16. The van der Waals surface area contributed by atoms with E-state index in [9.17, 15) is 4.79 Å². The SMILES string of the molecule is O=C(Nc1ccc2c(c1)CCO2)c1n[nH]c2ccccc12. The lowest BCUT2D eigenvalue weighted by molar-refractivity contribution is 0.102. The number of nitrogens with one attached hydrogen (secondary N) is 2. The van der Waals surface area contributed by atoms with Gasteiger partial charge in [0.2, 0.25) is 0 Å². The normalized spacial score (nSPS) is 13.0. The highest BCUT2D eigenvalue weighted by atomic mass is 16.5. The molecule has 1 amide bonds. The van der Waals surface area contributed by atoms with Gasteiger partial charge >= 0.3 is 0 Å². The van der Waals surface area contributed by atoms with Crippen LogP contribution in [0.2, 0.25) is 0 Å². The van der Waals surface area contributed by atoms with Gasteiger partial charge in [-0.1, -0.05) is 18.2 Å². The van der Waals surface area contributed by atoms with Crippen LogP contribution in [-0.4, -0.2) is 22.7 Å². The van der Waals surface area contributed by atoms with Crippen LogP contribution < -0.4 is 10.1 Å². The van der Waals surface area contributed by atoms with Crippen molar-refractivity contribution in [2.24, 2.45) is 0 Å². The molecule has 1 aliphatic heterocycles. The minimum absolute atomic E-state index is 0.216. The molecule has 2 aromatic carbocycles. The lowest BCUT2D eigenvalue weighted by atomic mass is 10.1. The van der Waals surface area contributed by atoms with E-state index in [2.05, 4.69) is 15.5 Å². The van der Waals surface area contributed by atoms with Crippen LogP contribution in [0.4, 0.5) is 5.69 Å². The van der Waals surface area contributed by atoms with Crippen molar-refractivity contribution in [1.29, 1.82) is 0 Å². The number of rotatable bonds is 2. The van der Waals surface area contributed by atoms with E-state index < -0.39 is 0 Å². The minimum atomic E-state index is -0.216. The third-order valence-corrected chi connectivity index (χ3v) is 3.63. The fourth-order valence-corrected chi connectivity index (χ4v) is 2.59. The number of para-hydroxylation sites is 1. The standard InChI is InChI=1S/C16H13N3O2/c20-16(15-12-3-1-2-4-13(12)18-19-15)17-11-5-6-14-10(9-11)7-8-21-14/h1-6,9H,7-8H2,(H,17,20)(H,18,19). The van der Waals surface area contributed by atoms with Crippen molar-refractivity contribution in [3.63, 3.8) is 0 Å². The number of carbonyl (C=O) groups excluding carboxylic acids is 1. The summed E-state index contributed by atoms with van der Waals surface area (Å²) >= 11 is 0. The molecule has 0 atom stereocenters. The molecule has 0 saturated carbocycles. The number of nitrogens with zero attached hydrogens (tertiary/aromatic N) is 1. The monoisotopic (exact) mass is 279 g/mol. The van der Waals surface area contributed by atoms with Gasteiger partial charge < -0.3 is 10.1 Å². The number of carbonyl (C=O) groups is 1. The van der Waals surface area contributed by atoms with Crippen LogP contribution in [0, 0.1) is 0 Å². The molecule has 0 bridgehead atoms. The fourth-order valence-electron chi connectivity index (χ4n) is 2.59. The van der Waals surface area contributed by atoms with Gasteiger partial charge in [-0.3, -0.25) is 9.89 Å². The highest BCUT2D eigenvalue weighted by Crippen LogP contribution is 2.28. The second kappa shape index (κ2) is 4.63. The molecule has 0 spiro atoms. The number of fused-ring (bicyclic) bond motifs is 2. The Morgan fingerprint density at radius 3 is 3.10 bits per heavy atom. The zero-order valence-corrected chi connectivity index (χ0v) is 11.2. The zero-order chi connectivity index (χ0) is 14.2. The van der Waals surface area contributed by atoms with E-state index in [1.807, 2.05) is 42.5 Å². The quantitative estimate of drug-likeness (QED) is 0.758. The van der Waals surface area contributed by atoms with Crippen LogP contribution in [0.5, 0.6) is 5.75 Å². The van der Waals surface area contributed by atoms with Crippen LogP contribution >= 0.6 is 0 Å². The molecule has 3 aromatic rings. The Balaban J connectivity index is 1.63. The molecule has 21 heavy (non-hydrogen) atoms. The minimum Gasteiger partial charge on any atom is -0.493 e. The number of anilines is 1. The maximum Gasteiger partial charge on any atom is 0.276 e. The summed E-state index contributed by atoms with van der Waals surface area (Å²) < 4.78 is 5.46. The average molecular weight is 279 g/mol. The van der Waals surface area contributed by atoms with Gasteiger partial charge in [0.05, 0.1) is 12.1 Å². The molecule has 0 aliphatic carbocycles. The van der Waals surface area contributed by atoms with Crippen molar-refractivity contribution >= 4 is 22.5 Å². The van der Waals surface area contributed by atoms with Crippen LogP contribution in [0.3, 0.4) is 0 Å². The van der Waals surface area contributed by atoms with Crippen LogP contribution in [0.25, 0.3) is 10.9 Å². The molecule has 0 radical (unpaired) electrons. The van der Waals surface area contributed by atoms with Crippen molar-refractivity contribution < 1.29 is 9.53 Å². The molecule has 2 N–H and O–H groups in total. The molecule has 0 unspecified atom stereocenters. The van der Waals surface area contributed by atoms with Gasteiger partial charge in [0, 0.05) is 17.5 Å². The van der Waals surface area contributed by atoms with E-state index >= 15 is 0 Å². The smallest absolute Gasteiger partial charge is 0.276 e. The molecule has 0 fully saturated rings. The number of hydrogen-bond acceptors (Lipinski definition) is 3. The van der Waals surface area contributed by atoms with Gasteiger partial charge in [0.25, 0.3) is 5.91 Å². The first-order chi connectivity index (χ1) is 10.3. The van der Waals surface area contributed by atoms with Crippen LogP contribution in [0.1, 0.15) is 16.1 Å². The molecule has 104 valence electrons. The summed E-state index contributed by atoms with van der Waals surface area (Å²) in [6.07, 6.45) is 0.879. The molecule has 5 nitrogen and oxygen atoms in total. The molecule has 1 aromatic heterocycles. The van der Waals surface area contributed by atoms with Gasteiger partial charge in [0.15, 0.2) is 5.69 Å². The molecule has 1 aliphatic rings. The summed E-state index contributed by atoms with van der Waals surface area (Å²) in [7, 11) is 0. The van der Waals surface area contributed by atoms with Crippen molar-refractivity contribution in [1.82, 2.24) is 10.2 Å². The number of amides is 1. The second-order valence-electron chi connectivity index (χ2n) is 4.99. The lowest BCUT2D eigenvalue weighted by Gasteiger charge is -2.05. The Hall–Kier alpha value is -2.82. The first-order valence-corrected chi connectivity index (χ1v) is 6.81. The number of aromatic amines is 1. The molecule has 2 heterocycles. The summed E-state index contributed by atoms with van der Waals surface area (Å²) in [5.74, 6) is 0.685. The van der Waals surface area contributed by atoms with Gasteiger partial charge in [-0.05, 0) is 29.8 Å². The number of aromatic nitrogens is 2. The molecular weight excluding hydrogens is 266 g/mol. The van der Waals surface area contributed by atoms with Crippen LogP contribution in [0.15, 0.2) is 42.5 Å². The third-order valence-electron chi connectivity index (χ3n) is 3.63. The van der Waals surface area contributed by atoms with E-state index in [1.54, 1.807) is 0 Å². The predicted molar refractivity (Wildman–Crippen MR) is 79.7 cm³/mol. The Morgan fingerprint density at radius 2 is 2.14 bits per heavy atom. The number of benzene rings is 2. The Bertz CT molecular complexity index is 838. The Labute approximate surface area is 120 Å². The number of ether oxygens (including phenoxy) is 1. The lowest BCUT2D eigenvalue weighted by Crippen LogP contribution is -2.12. The molecule has 5 heteroatoms. The summed E-state index contributed by atoms with van der Waals surface area (Å²) in [5, 5.41) is 10.7. The first kappa shape index (κ1) is 12.0. The Morgan fingerprint density at radius 1 is 1.24 bits per heavy atom. The predicted octanol–water partition coefficient (Wildman–Crippen LogP) is 2.75. The molecule has 0 saturated heterocycles. The summed E-state index contributed by atoms with van der Waals surface area (Å²) in [6, 6.07) is 13.3. The summed E-state index contributed by atoms with van der Waals surface area (Å²) in [4.78, 5) is 12.4. The number of hydrogen-bond donors (Lipinski definition) is 2.